The van der Waals surface area contributed by atoms with Gasteiger partial charge in [0.25, 0.3) is 11.2 Å². The van der Waals surface area contributed by atoms with Crippen molar-refractivity contribution in [2.45, 2.75) is 16.4 Å². The molecule has 0 fully saturated rings. The van der Waals surface area contributed by atoms with Crippen molar-refractivity contribution in [3.63, 3.8) is 0 Å². The number of nitrogens with zero attached hydrogens (tertiary/aromatic N) is 6. The molecule has 3 aromatic heterocycles. The standard InChI is InChI=1S/C17H14N8O4S3/c1-2-30-17-23-22-16(32-17)19-12(26)8-31-15-20-13-11(14(27)21-15)7-18-24(13)9-3-5-10(6-4-9)25(28)29/h3-7H,2,8H2,1H3,(H,19,22,26)(H,20,21,27). The summed E-state index contributed by atoms with van der Waals surface area (Å²) in [5.41, 5.74) is 0.316. The van der Waals surface area contributed by atoms with Crippen LogP contribution in [0.15, 0.2) is 44.8 Å². The van der Waals surface area contributed by atoms with Gasteiger partial charge in [-0.2, -0.15) is 5.10 Å². The average molecular weight is 491 g/mol. The van der Waals surface area contributed by atoms with Crippen LogP contribution in [-0.4, -0.2) is 52.3 Å². The van der Waals surface area contributed by atoms with Crippen LogP contribution in [0.5, 0.6) is 0 Å². The second-order valence-corrected chi connectivity index (χ2v) is 9.53. The fraction of sp³-hybridized carbons (Fsp3) is 0.176. The molecule has 0 saturated carbocycles. The maximum absolute atomic E-state index is 12.4. The Balaban J connectivity index is 1.50. The SMILES string of the molecule is CCSc1nnc(NC(=O)CSc2nc3c(cnn3-c3ccc([N+](=O)[O-])cc3)c(=O)[nH]2)s1. The molecule has 12 nitrogen and oxygen atoms in total. The van der Waals surface area contributed by atoms with Gasteiger partial charge in [0, 0.05) is 12.1 Å². The molecular weight excluding hydrogens is 476 g/mol. The van der Waals surface area contributed by atoms with Gasteiger partial charge in [0.05, 0.1) is 22.6 Å². The van der Waals surface area contributed by atoms with E-state index >= 15 is 0 Å². The predicted octanol–water partition coefficient (Wildman–Crippen LogP) is 2.71. The Labute approximate surface area is 192 Å². The van der Waals surface area contributed by atoms with Gasteiger partial charge in [-0.05, 0) is 17.9 Å². The van der Waals surface area contributed by atoms with Crippen molar-refractivity contribution < 1.29 is 9.72 Å². The third-order valence-electron chi connectivity index (χ3n) is 3.98. The fourth-order valence-electron chi connectivity index (χ4n) is 2.60. The molecule has 3 heterocycles. The number of carbonyl (C=O) groups excluding carboxylic acids is 1. The fourth-order valence-corrected chi connectivity index (χ4v) is 4.92. The number of hydrogen-bond donors (Lipinski definition) is 2. The van der Waals surface area contributed by atoms with Gasteiger partial charge in [0.15, 0.2) is 15.1 Å². The van der Waals surface area contributed by atoms with Crippen LogP contribution in [0.4, 0.5) is 10.8 Å². The number of fused-ring (bicyclic) bond motifs is 1. The molecule has 0 radical (unpaired) electrons. The van der Waals surface area contributed by atoms with Crippen LogP contribution in [0.2, 0.25) is 0 Å². The van der Waals surface area contributed by atoms with Gasteiger partial charge >= 0.3 is 0 Å². The number of nitro groups is 1. The number of carbonyl (C=O) groups is 1. The van der Waals surface area contributed by atoms with Gasteiger partial charge in [-0.3, -0.25) is 25.0 Å². The van der Waals surface area contributed by atoms with Gasteiger partial charge < -0.3 is 4.98 Å². The zero-order valence-corrected chi connectivity index (χ0v) is 18.8. The van der Waals surface area contributed by atoms with Gasteiger partial charge in [-0.15, -0.1) is 10.2 Å². The topological polar surface area (TPSA) is 162 Å². The molecule has 0 aliphatic rings. The zero-order chi connectivity index (χ0) is 22.7. The summed E-state index contributed by atoms with van der Waals surface area (Å²) in [6.45, 7) is 2.00. The van der Waals surface area contributed by atoms with E-state index < -0.39 is 10.5 Å². The van der Waals surface area contributed by atoms with Crippen molar-refractivity contribution in [3.05, 3.63) is 50.9 Å². The maximum Gasteiger partial charge on any atom is 0.269 e. The molecular formula is C17H14N8O4S3. The van der Waals surface area contributed by atoms with Gasteiger partial charge in [0.1, 0.15) is 5.39 Å². The number of nitrogens with one attached hydrogen (secondary N) is 2. The third kappa shape index (κ3) is 4.79. The van der Waals surface area contributed by atoms with Crippen molar-refractivity contribution in [1.82, 2.24) is 29.9 Å². The minimum absolute atomic E-state index is 0.00402. The second-order valence-electron chi connectivity index (χ2n) is 6.08. The highest BCUT2D eigenvalue weighted by Gasteiger charge is 2.15. The van der Waals surface area contributed by atoms with Gasteiger partial charge in [0.2, 0.25) is 11.0 Å². The van der Waals surface area contributed by atoms with E-state index in [4.69, 9.17) is 0 Å². The molecule has 2 N–H and O–H groups in total. The summed E-state index contributed by atoms with van der Waals surface area (Å²) in [5, 5.41) is 26.5. The number of aromatic nitrogens is 6. The molecule has 0 saturated heterocycles. The minimum atomic E-state index is -0.501. The van der Waals surface area contributed by atoms with E-state index in [0.717, 1.165) is 21.9 Å². The summed E-state index contributed by atoms with van der Waals surface area (Å²) in [6, 6.07) is 5.71. The molecule has 1 amide bonds. The molecule has 4 aromatic rings. The second kappa shape index (κ2) is 9.46. The van der Waals surface area contributed by atoms with E-state index in [1.807, 2.05) is 6.92 Å². The van der Waals surface area contributed by atoms with E-state index in [0.29, 0.717) is 10.8 Å². The van der Waals surface area contributed by atoms with Gasteiger partial charge in [-0.25, -0.2) is 9.67 Å². The van der Waals surface area contributed by atoms with Gasteiger partial charge in [-0.1, -0.05) is 41.8 Å². The highest BCUT2D eigenvalue weighted by molar-refractivity contribution is 8.01. The molecule has 32 heavy (non-hydrogen) atoms. The molecule has 1 aromatic carbocycles. The van der Waals surface area contributed by atoms with Crippen molar-refractivity contribution in [1.29, 1.82) is 0 Å². The summed E-state index contributed by atoms with van der Waals surface area (Å²) in [5.74, 6) is 0.539. The number of aromatic amines is 1. The van der Waals surface area contributed by atoms with Crippen molar-refractivity contribution in [3.8, 4) is 5.69 Å². The number of H-pyrrole nitrogens is 1. The first-order valence-electron chi connectivity index (χ1n) is 9.06. The van der Waals surface area contributed by atoms with Crippen LogP contribution in [0.3, 0.4) is 0 Å². The molecule has 0 atom stereocenters. The maximum atomic E-state index is 12.4. The van der Waals surface area contributed by atoms with Crippen molar-refractivity contribution >= 4 is 62.6 Å². The summed E-state index contributed by atoms with van der Waals surface area (Å²) in [7, 11) is 0. The van der Waals surface area contributed by atoms with Crippen LogP contribution < -0.4 is 10.9 Å². The number of hydrogen-bond acceptors (Lipinski definition) is 11. The molecule has 4 rings (SSSR count). The van der Waals surface area contributed by atoms with E-state index in [9.17, 15) is 19.7 Å². The van der Waals surface area contributed by atoms with Crippen LogP contribution in [0, 0.1) is 10.1 Å². The quantitative estimate of drug-likeness (QED) is 0.123. The number of anilines is 1. The van der Waals surface area contributed by atoms with E-state index in [1.54, 1.807) is 0 Å². The highest BCUT2D eigenvalue weighted by Crippen LogP contribution is 2.25. The largest absolute Gasteiger partial charge is 0.301 e. The third-order valence-corrected chi connectivity index (χ3v) is 6.71. The number of non-ortho nitro benzene ring substituents is 1. The van der Waals surface area contributed by atoms with E-state index in [1.165, 1.54) is 58.2 Å². The Kier molecular flexibility index (Phi) is 6.48. The summed E-state index contributed by atoms with van der Waals surface area (Å²) in [4.78, 5) is 42.0. The normalized spacial score (nSPS) is 11.0. The molecule has 15 heteroatoms. The Bertz CT molecular complexity index is 1350. The van der Waals surface area contributed by atoms with Crippen LogP contribution in [0.1, 0.15) is 6.92 Å². The lowest BCUT2D eigenvalue weighted by molar-refractivity contribution is -0.384. The number of thioether (sulfide) groups is 2. The van der Waals surface area contributed by atoms with Crippen LogP contribution in [-0.2, 0) is 4.79 Å². The molecule has 0 bridgehead atoms. The van der Waals surface area contributed by atoms with Crippen LogP contribution in [0.25, 0.3) is 16.7 Å². The van der Waals surface area contributed by atoms with Crippen molar-refractivity contribution in [2.75, 3.05) is 16.8 Å². The lowest BCUT2D eigenvalue weighted by Gasteiger charge is -2.04. The lowest BCUT2D eigenvalue weighted by Crippen LogP contribution is -2.15. The van der Waals surface area contributed by atoms with Crippen LogP contribution >= 0.6 is 34.9 Å². The summed E-state index contributed by atoms with van der Waals surface area (Å²) in [6.07, 6.45) is 1.37. The highest BCUT2D eigenvalue weighted by atomic mass is 32.2. The molecule has 0 aliphatic carbocycles. The van der Waals surface area contributed by atoms with Crippen molar-refractivity contribution in [2.24, 2.45) is 0 Å². The van der Waals surface area contributed by atoms with E-state index in [2.05, 4.69) is 30.6 Å². The number of nitro benzene ring substituents is 1. The Morgan fingerprint density at radius 2 is 2.06 bits per heavy atom. The zero-order valence-electron chi connectivity index (χ0n) is 16.3. The Morgan fingerprint density at radius 1 is 1.28 bits per heavy atom. The summed E-state index contributed by atoms with van der Waals surface area (Å²) < 4.78 is 2.18. The predicted molar refractivity (Wildman–Crippen MR) is 122 cm³/mol. The first kappa shape index (κ1) is 21.9. The molecule has 0 spiro atoms. The minimum Gasteiger partial charge on any atom is -0.301 e. The number of amides is 1. The number of benzene rings is 1. The molecule has 164 valence electrons. The Hall–Kier alpha value is -3.30. The average Bonchev–Trinajstić information content (AvgIpc) is 3.40. The summed E-state index contributed by atoms with van der Waals surface area (Å²) >= 11 is 3.87. The molecule has 0 aliphatic heterocycles. The smallest absolute Gasteiger partial charge is 0.269 e. The monoisotopic (exact) mass is 490 g/mol. The lowest BCUT2D eigenvalue weighted by atomic mass is 10.3. The Morgan fingerprint density at radius 3 is 2.78 bits per heavy atom. The molecule has 0 unspecified atom stereocenters. The van der Waals surface area contributed by atoms with E-state index in [-0.39, 0.29) is 33.5 Å². The first-order valence-corrected chi connectivity index (χ1v) is 11.8. The first-order chi connectivity index (χ1) is 15.4. The number of rotatable bonds is 8.